The van der Waals surface area contributed by atoms with E-state index in [0.717, 1.165) is 22.0 Å². The van der Waals surface area contributed by atoms with Crippen LogP contribution in [-0.4, -0.2) is 33.7 Å². The number of cyclic esters (lactones) is 1. The average molecular weight is 351 g/mol. The van der Waals surface area contributed by atoms with Crippen molar-refractivity contribution >= 4 is 22.7 Å². The zero-order valence-electron chi connectivity index (χ0n) is 14.7. The van der Waals surface area contributed by atoms with Gasteiger partial charge in [0, 0.05) is 28.9 Å². The fourth-order valence-electron chi connectivity index (χ4n) is 3.54. The molecule has 3 heterocycles. The minimum absolute atomic E-state index is 0.0801. The van der Waals surface area contributed by atoms with Crippen molar-refractivity contribution in [3.63, 3.8) is 0 Å². The highest BCUT2D eigenvalue weighted by Crippen LogP contribution is 2.38. The summed E-state index contributed by atoms with van der Waals surface area (Å²) in [7, 11) is 0. The van der Waals surface area contributed by atoms with Gasteiger partial charge in [-0.15, -0.1) is 0 Å². The molecule has 2 aromatic heterocycles. The van der Waals surface area contributed by atoms with Gasteiger partial charge in [-0.05, 0) is 38.0 Å². The normalized spacial score (nSPS) is 16.3. The lowest BCUT2D eigenvalue weighted by Crippen LogP contribution is -2.27. The smallest absolute Gasteiger partial charge is 0.343 e. The molecule has 0 aliphatic carbocycles. The Morgan fingerprint density at radius 3 is 2.92 bits per heavy atom. The molecular formula is C20H21N3O3. The summed E-state index contributed by atoms with van der Waals surface area (Å²) in [5, 5.41) is 14.2. The maximum atomic E-state index is 12.3. The Labute approximate surface area is 151 Å². The van der Waals surface area contributed by atoms with Crippen LogP contribution in [0.1, 0.15) is 35.3 Å². The molecule has 0 saturated carbocycles. The van der Waals surface area contributed by atoms with Gasteiger partial charge >= 0.3 is 5.97 Å². The first-order valence-electron chi connectivity index (χ1n) is 8.65. The number of hydrogen-bond donors (Lipinski definition) is 3. The molecule has 0 saturated heterocycles. The summed E-state index contributed by atoms with van der Waals surface area (Å²) < 4.78 is 5.45. The van der Waals surface area contributed by atoms with Crippen molar-refractivity contribution in [1.82, 2.24) is 9.97 Å². The predicted octanol–water partition coefficient (Wildman–Crippen LogP) is 2.98. The molecule has 1 unspecified atom stereocenters. The van der Waals surface area contributed by atoms with E-state index in [9.17, 15) is 9.90 Å². The Balaban J connectivity index is 1.62. The van der Waals surface area contributed by atoms with Gasteiger partial charge in [0.2, 0.25) is 0 Å². The number of nitrogens with zero attached hydrogens (tertiary/aromatic N) is 1. The van der Waals surface area contributed by atoms with E-state index in [4.69, 9.17) is 4.74 Å². The van der Waals surface area contributed by atoms with E-state index in [1.54, 1.807) is 12.3 Å². The number of aliphatic hydroxyl groups excluding tert-OH is 1. The van der Waals surface area contributed by atoms with Crippen molar-refractivity contribution in [1.29, 1.82) is 0 Å². The zero-order chi connectivity index (χ0) is 18.3. The van der Waals surface area contributed by atoms with E-state index in [-0.39, 0.29) is 18.6 Å². The second-order valence-corrected chi connectivity index (χ2v) is 7.07. The first-order chi connectivity index (χ1) is 12.5. The van der Waals surface area contributed by atoms with Crippen LogP contribution in [0.4, 0.5) is 5.82 Å². The van der Waals surface area contributed by atoms with Gasteiger partial charge in [0.15, 0.2) is 0 Å². The quantitative estimate of drug-likeness (QED) is 0.615. The fourth-order valence-corrected chi connectivity index (χ4v) is 3.54. The number of esters is 1. The van der Waals surface area contributed by atoms with Crippen molar-refractivity contribution in [2.45, 2.75) is 31.9 Å². The Hall–Kier alpha value is -2.86. The fraction of sp³-hybridized carbons (Fsp3) is 0.300. The number of pyridine rings is 1. The molecular weight excluding hydrogens is 330 g/mol. The molecule has 0 fully saturated rings. The standard InChI is InChI=1S/C20H21N3O3/c1-20(2)15-7-8-21-18(17(15)19(25)26-20)23-13(11-24)9-12-10-22-16-6-4-3-5-14(12)16/h3-8,10,13,22,24H,9,11H2,1-2H3,(H,21,23). The maximum Gasteiger partial charge on any atom is 0.343 e. The van der Waals surface area contributed by atoms with Gasteiger partial charge in [-0.25, -0.2) is 9.78 Å². The number of aromatic nitrogens is 2. The number of carbonyl (C=O) groups is 1. The summed E-state index contributed by atoms with van der Waals surface area (Å²) >= 11 is 0. The number of ether oxygens (including phenoxy) is 1. The average Bonchev–Trinajstić information content (AvgIpc) is 3.13. The number of aliphatic hydroxyl groups is 1. The lowest BCUT2D eigenvalue weighted by atomic mass is 9.97. The number of nitrogens with one attached hydrogen (secondary N) is 2. The van der Waals surface area contributed by atoms with Crippen molar-refractivity contribution in [2.75, 3.05) is 11.9 Å². The third kappa shape index (κ3) is 2.72. The Morgan fingerprint density at radius 1 is 1.31 bits per heavy atom. The van der Waals surface area contributed by atoms with Gasteiger partial charge in [-0.2, -0.15) is 0 Å². The summed E-state index contributed by atoms with van der Waals surface area (Å²) in [6, 6.07) is 9.57. The number of carbonyl (C=O) groups excluding carboxylic acids is 1. The molecule has 1 aliphatic rings. The van der Waals surface area contributed by atoms with E-state index in [1.165, 1.54) is 0 Å². The number of benzene rings is 1. The van der Waals surface area contributed by atoms with Gasteiger partial charge in [-0.1, -0.05) is 18.2 Å². The third-order valence-corrected chi connectivity index (χ3v) is 4.85. The van der Waals surface area contributed by atoms with Gasteiger partial charge in [0.25, 0.3) is 0 Å². The minimum atomic E-state index is -0.669. The van der Waals surface area contributed by atoms with Crippen LogP contribution >= 0.6 is 0 Å². The molecule has 0 amide bonds. The Morgan fingerprint density at radius 2 is 2.12 bits per heavy atom. The van der Waals surface area contributed by atoms with Crippen molar-refractivity contribution in [2.24, 2.45) is 0 Å². The first kappa shape index (κ1) is 16.6. The predicted molar refractivity (Wildman–Crippen MR) is 99.2 cm³/mol. The zero-order valence-corrected chi connectivity index (χ0v) is 14.7. The SMILES string of the molecule is CC1(C)OC(=O)c2c1ccnc2NC(CO)Cc1c[nH]c2ccccc12. The van der Waals surface area contributed by atoms with Crippen LogP contribution in [0.5, 0.6) is 0 Å². The second-order valence-electron chi connectivity index (χ2n) is 7.07. The largest absolute Gasteiger partial charge is 0.451 e. The molecule has 1 aromatic carbocycles. The van der Waals surface area contributed by atoms with Crippen molar-refractivity contribution in [3.8, 4) is 0 Å². The summed E-state index contributed by atoms with van der Waals surface area (Å²) in [6.07, 6.45) is 4.21. The lowest BCUT2D eigenvalue weighted by Gasteiger charge is -2.19. The molecule has 26 heavy (non-hydrogen) atoms. The van der Waals surface area contributed by atoms with Gasteiger partial charge in [0.05, 0.1) is 12.6 Å². The van der Waals surface area contributed by atoms with Gasteiger partial charge in [-0.3, -0.25) is 0 Å². The molecule has 0 spiro atoms. The van der Waals surface area contributed by atoms with E-state index < -0.39 is 5.60 Å². The molecule has 6 heteroatoms. The summed E-state index contributed by atoms with van der Waals surface area (Å²) in [5.41, 5.74) is 2.75. The molecule has 3 N–H and O–H groups in total. The van der Waals surface area contributed by atoms with Gasteiger partial charge in [0.1, 0.15) is 17.0 Å². The van der Waals surface area contributed by atoms with Gasteiger partial charge < -0.3 is 20.1 Å². The third-order valence-electron chi connectivity index (χ3n) is 4.85. The van der Waals surface area contributed by atoms with Crippen LogP contribution in [-0.2, 0) is 16.8 Å². The van der Waals surface area contributed by atoms with Crippen LogP contribution in [0.3, 0.4) is 0 Å². The topological polar surface area (TPSA) is 87.2 Å². The van der Waals surface area contributed by atoms with E-state index in [1.807, 2.05) is 44.3 Å². The number of hydrogen-bond acceptors (Lipinski definition) is 5. The summed E-state index contributed by atoms with van der Waals surface area (Å²) in [6.45, 7) is 3.63. The second kappa shape index (κ2) is 6.14. The minimum Gasteiger partial charge on any atom is -0.451 e. The number of para-hydroxylation sites is 1. The molecule has 134 valence electrons. The van der Waals surface area contributed by atoms with Crippen LogP contribution in [0.25, 0.3) is 10.9 Å². The molecule has 1 aliphatic heterocycles. The number of anilines is 1. The van der Waals surface area contributed by atoms with Crippen LogP contribution in [0.2, 0.25) is 0 Å². The maximum absolute atomic E-state index is 12.3. The molecule has 0 radical (unpaired) electrons. The molecule has 6 nitrogen and oxygen atoms in total. The molecule has 1 atom stereocenters. The number of fused-ring (bicyclic) bond motifs is 2. The van der Waals surface area contributed by atoms with E-state index >= 15 is 0 Å². The molecule has 4 rings (SSSR count). The monoisotopic (exact) mass is 351 g/mol. The molecule has 0 bridgehead atoms. The van der Waals surface area contributed by atoms with Crippen LogP contribution < -0.4 is 5.32 Å². The van der Waals surface area contributed by atoms with Crippen LogP contribution in [0, 0.1) is 0 Å². The van der Waals surface area contributed by atoms with E-state index in [2.05, 4.69) is 15.3 Å². The Kier molecular flexibility index (Phi) is 3.92. The summed E-state index contributed by atoms with van der Waals surface area (Å²) in [5.74, 6) is 0.0707. The van der Waals surface area contributed by atoms with Crippen LogP contribution in [0.15, 0.2) is 42.7 Å². The van der Waals surface area contributed by atoms with E-state index in [0.29, 0.717) is 17.8 Å². The van der Waals surface area contributed by atoms with Crippen molar-refractivity contribution < 1.29 is 14.6 Å². The highest BCUT2D eigenvalue weighted by Gasteiger charge is 2.40. The first-order valence-corrected chi connectivity index (χ1v) is 8.65. The lowest BCUT2D eigenvalue weighted by molar-refractivity contribution is 0.00957. The number of H-pyrrole nitrogens is 1. The number of rotatable bonds is 5. The highest BCUT2D eigenvalue weighted by molar-refractivity contribution is 5.99. The summed E-state index contributed by atoms with van der Waals surface area (Å²) in [4.78, 5) is 19.9. The highest BCUT2D eigenvalue weighted by atomic mass is 16.6. The Bertz CT molecular complexity index is 977. The number of aromatic amines is 1. The van der Waals surface area contributed by atoms with Crippen molar-refractivity contribution in [3.05, 3.63) is 59.4 Å². The molecule has 3 aromatic rings.